The van der Waals surface area contributed by atoms with Gasteiger partial charge in [0.15, 0.2) is 0 Å². The molecule has 0 amide bonds. The number of carbonyl (C=O) groups excluding carboxylic acids is 2. The molecule has 166 valence electrons. The van der Waals surface area contributed by atoms with Gasteiger partial charge in [0, 0.05) is 0 Å². The highest BCUT2D eigenvalue weighted by atomic mass is 16.6. The molecule has 0 radical (unpaired) electrons. The lowest BCUT2D eigenvalue weighted by Crippen LogP contribution is -2.22. The van der Waals surface area contributed by atoms with Crippen LogP contribution in [-0.2, 0) is 19.1 Å². The van der Waals surface area contributed by atoms with Gasteiger partial charge in [-0.15, -0.1) is 0 Å². The van der Waals surface area contributed by atoms with Gasteiger partial charge in [-0.2, -0.15) is 0 Å². The standard InChI is InChI=1S/C24H46O4/c1-4-5-6-7-8-9-10-11-12-13-14-15-16-17-18-19-20-27-23(25)24(26)28-21-22(2)3/h22H,4-21H2,1-3H3. The highest BCUT2D eigenvalue weighted by molar-refractivity contribution is 6.29. The van der Waals surface area contributed by atoms with E-state index < -0.39 is 11.9 Å². The van der Waals surface area contributed by atoms with Crippen molar-refractivity contribution in [3.05, 3.63) is 0 Å². The Morgan fingerprint density at radius 2 is 0.929 bits per heavy atom. The maximum atomic E-state index is 11.4. The molecule has 0 unspecified atom stereocenters. The lowest BCUT2D eigenvalue weighted by molar-refractivity contribution is -0.168. The highest BCUT2D eigenvalue weighted by Gasteiger charge is 2.17. The predicted molar refractivity (Wildman–Crippen MR) is 116 cm³/mol. The monoisotopic (exact) mass is 398 g/mol. The van der Waals surface area contributed by atoms with Crippen LogP contribution >= 0.6 is 0 Å². The van der Waals surface area contributed by atoms with Gasteiger partial charge in [-0.3, -0.25) is 0 Å². The molecule has 0 fully saturated rings. The molecule has 0 aromatic heterocycles. The van der Waals surface area contributed by atoms with Crippen molar-refractivity contribution < 1.29 is 19.1 Å². The van der Waals surface area contributed by atoms with Crippen LogP contribution in [0.15, 0.2) is 0 Å². The van der Waals surface area contributed by atoms with Crippen LogP contribution in [-0.4, -0.2) is 25.2 Å². The maximum Gasteiger partial charge on any atom is 0.417 e. The van der Waals surface area contributed by atoms with Crippen LogP contribution in [0.1, 0.15) is 124 Å². The second-order valence-corrected chi connectivity index (χ2v) is 8.43. The first-order valence-corrected chi connectivity index (χ1v) is 11.9. The van der Waals surface area contributed by atoms with Gasteiger partial charge in [-0.1, -0.05) is 117 Å². The van der Waals surface area contributed by atoms with E-state index in [-0.39, 0.29) is 12.5 Å². The Kier molecular flexibility index (Phi) is 19.9. The molecule has 0 saturated heterocycles. The van der Waals surface area contributed by atoms with Crippen molar-refractivity contribution in [3.8, 4) is 0 Å². The zero-order valence-corrected chi connectivity index (χ0v) is 18.9. The molecule has 0 aliphatic carbocycles. The SMILES string of the molecule is CCCCCCCCCCCCCCCCCCOC(=O)C(=O)OCC(C)C. The van der Waals surface area contributed by atoms with Crippen LogP contribution in [0.5, 0.6) is 0 Å². The molecule has 4 heteroatoms. The summed E-state index contributed by atoms with van der Waals surface area (Å²) in [5.41, 5.74) is 0. The third-order valence-electron chi connectivity index (χ3n) is 4.95. The van der Waals surface area contributed by atoms with Crippen molar-refractivity contribution in [2.24, 2.45) is 5.92 Å². The third-order valence-corrected chi connectivity index (χ3v) is 4.95. The molecule has 0 N–H and O–H groups in total. The number of rotatable bonds is 19. The fourth-order valence-corrected chi connectivity index (χ4v) is 3.18. The Balaban J connectivity index is 3.21. The van der Waals surface area contributed by atoms with E-state index in [0.29, 0.717) is 6.61 Å². The number of esters is 2. The summed E-state index contributed by atoms with van der Waals surface area (Å²) in [6.07, 6.45) is 20.9. The molecule has 4 nitrogen and oxygen atoms in total. The topological polar surface area (TPSA) is 52.6 Å². The number of hydrogen-bond acceptors (Lipinski definition) is 4. The van der Waals surface area contributed by atoms with E-state index in [1.54, 1.807) is 0 Å². The average molecular weight is 399 g/mol. The first-order valence-electron chi connectivity index (χ1n) is 11.9. The summed E-state index contributed by atoms with van der Waals surface area (Å²) in [6, 6.07) is 0. The minimum absolute atomic E-state index is 0.220. The van der Waals surface area contributed by atoms with Gasteiger partial charge in [0.2, 0.25) is 0 Å². The van der Waals surface area contributed by atoms with Crippen molar-refractivity contribution in [1.82, 2.24) is 0 Å². The predicted octanol–water partition coefficient (Wildman–Crippen LogP) is 6.99. The summed E-state index contributed by atoms with van der Waals surface area (Å²) in [7, 11) is 0. The average Bonchev–Trinajstić information content (AvgIpc) is 2.68. The normalized spacial score (nSPS) is 11.0. The van der Waals surface area contributed by atoms with Crippen molar-refractivity contribution in [2.45, 2.75) is 124 Å². The molecule has 0 saturated carbocycles. The zero-order chi connectivity index (χ0) is 20.9. The Hall–Kier alpha value is -1.06. The maximum absolute atomic E-state index is 11.4. The van der Waals surface area contributed by atoms with E-state index in [1.807, 2.05) is 13.8 Å². The summed E-state index contributed by atoms with van der Waals surface area (Å²) in [5, 5.41) is 0. The van der Waals surface area contributed by atoms with Crippen LogP contribution in [0.3, 0.4) is 0 Å². The van der Waals surface area contributed by atoms with Crippen molar-refractivity contribution in [3.63, 3.8) is 0 Å². The van der Waals surface area contributed by atoms with Gasteiger partial charge in [0.25, 0.3) is 0 Å². The Morgan fingerprint density at radius 1 is 0.571 bits per heavy atom. The lowest BCUT2D eigenvalue weighted by Gasteiger charge is -2.07. The van der Waals surface area contributed by atoms with E-state index in [0.717, 1.165) is 12.8 Å². The van der Waals surface area contributed by atoms with Crippen molar-refractivity contribution in [1.29, 1.82) is 0 Å². The van der Waals surface area contributed by atoms with E-state index in [9.17, 15) is 9.59 Å². The molecule has 0 aliphatic heterocycles. The summed E-state index contributed by atoms with van der Waals surface area (Å²) < 4.78 is 9.78. The van der Waals surface area contributed by atoms with Crippen LogP contribution in [0, 0.1) is 5.92 Å². The molecular weight excluding hydrogens is 352 g/mol. The van der Waals surface area contributed by atoms with E-state index in [2.05, 4.69) is 6.92 Å². The van der Waals surface area contributed by atoms with Gasteiger partial charge in [-0.05, 0) is 12.3 Å². The summed E-state index contributed by atoms with van der Waals surface area (Å²) in [5.74, 6) is -1.51. The lowest BCUT2D eigenvalue weighted by atomic mass is 10.0. The van der Waals surface area contributed by atoms with Gasteiger partial charge in [0.1, 0.15) is 0 Å². The molecule has 28 heavy (non-hydrogen) atoms. The van der Waals surface area contributed by atoms with Crippen molar-refractivity contribution in [2.75, 3.05) is 13.2 Å². The molecule has 0 rings (SSSR count). The van der Waals surface area contributed by atoms with Crippen LogP contribution < -0.4 is 0 Å². The fraction of sp³-hybridized carbons (Fsp3) is 0.917. The Labute approximate surface area is 174 Å². The molecule has 0 aliphatic rings. The smallest absolute Gasteiger partial charge is 0.417 e. The molecular formula is C24H46O4. The number of unbranched alkanes of at least 4 members (excludes halogenated alkanes) is 15. The Bertz CT molecular complexity index is 366. The molecule has 0 aromatic carbocycles. The van der Waals surface area contributed by atoms with Gasteiger partial charge in [-0.25, -0.2) is 9.59 Å². The minimum atomic E-state index is -0.870. The number of hydrogen-bond donors (Lipinski definition) is 0. The molecule has 0 bridgehead atoms. The number of carbonyl (C=O) groups is 2. The van der Waals surface area contributed by atoms with Gasteiger partial charge in [0.05, 0.1) is 13.2 Å². The highest BCUT2D eigenvalue weighted by Crippen LogP contribution is 2.13. The van der Waals surface area contributed by atoms with Crippen molar-refractivity contribution >= 4 is 11.9 Å². The quantitative estimate of drug-likeness (QED) is 0.134. The summed E-state index contributed by atoms with van der Waals surface area (Å²) in [4.78, 5) is 22.8. The van der Waals surface area contributed by atoms with E-state index in [1.165, 1.54) is 89.9 Å². The van der Waals surface area contributed by atoms with Gasteiger partial charge >= 0.3 is 11.9 Å². The first kappa shape index (κ1) is 26.9. The number of ether oxygens (including phenoxy) is 2. The third kappa shape index (κ3) is 19.7. The molecule has 0 heterocycles. The van der Waals surface area contributed by atoms with Gasteiger partial charge < -0.3 is 9.47 Å². The van der Waals surface area contributed by atoms with E-state index >= 15 is 0 Å². The Morgan fingerprint density at radius 3 is 1.32 bits per heavy atom. The molecule has 0 spiro atoms. The summed E-state index contributed by atoms with van der Waals surface area (Å²) >= 11 is 0. The molecule has 0 atom stereocenters. The zero-order valence-electron chi connectivity index (χ0n) is 18.9. The second-order valence-electron chi connectivity index (χ2n) is 8.43. The minimum Gasteiger partial charge on any atom is -0.457 e. The first-order chi connectivity index (χ1) is 13.6. The van der Waals surface area contributed by atoms with Crippen LogP contribution in [0.2, 0.25) is 0 Å². The second kappa shape index (κ2) is 20.7. The molecule has 0 aromatic rings. The summed E-state index contributed by atoms with van der Waals surface area (Å²) in [6.45, 7) is 6.69. The van der Waals surface area contributed by atoms with E-state index in [4.69, 9.17) is 9.47 Å². The largest absolute Gasteiger partial charge is 0.457 e. The fourth-order valence-electron chi connectivity index (χ4n) is 3.18. The van der Waals surface area contributed by atoms with Crippen LogP contribution in [0.25, 0.3) is 0 Å². The van der Waals surface area contributed by atoms with Crippen LogP contribution in [0.4, 0.5) is 0 Å².